The number of nitrogens with zero attached hydrogens (tertiary/aromatic N) is 1. The molecule has 0 aliphatic carbocycles. The standard InChI is InChI=1S/C18H18N/c1-2-19-14-17-11-7-6-10-16(17)13-18(19)12-15-8-4-3-5-9-15/h3-11,13-14H,2,12H2,1H3/q+1. The molecule has 0 atom stereocenters. The Balaban J connectivity index is 2.06. The van der Waals surface area contributed by atoms with E-state index in [-0.39, 0.29) is 0 Å². The van der Waals surface area contributed by atoms with Gasteiger partial charge in [-0.2, -0.15) is 0 Å². The first-order chi connectivity index (χ1) is 9.36. The van der Waals surface area contributed by atoms with Gasteiger partial charge in [-0.05, 0) is 23.9 Å². The fraction of sp³-hybridized carbons (Fsp3) is 0.167. The Bertz CT molecular complexity index is 686. The van der Waals surface area contributed by atoms with E-state index in [1.165, 1.54) is 22.0 Å². The van der Waals surface area contributed by atoms with Crippen molar-refractivity contribution in [3.8, 4) is 0 Å². The van der Waals surface area contributed by atoms with Crippen molar-refractivity contribution in [2.75, 3.05) is 0 Å². The van der Waals surface area contributed by atoms with Gasteiger partial charge < -0.3 is 0 Å². The molecule has 0 bridgehead atoms. The predicted octanol–water partition coefficient (Wildman–Crippen LogP) is 3.74. The van der Waals surface area contributed by atoms with Crippen LogP contribution in [0.2, 0.25) is 0 Å². The quantitative estimate of drug-likeness (QED) is 0.622. The molecule has 0 spiro atoms. The molecule has 3 rings (SSSR count). The van der Waals surface area contributed by atoms with Crippen molar-refractivity contribution in [3.05, 3.63) is 78.1 Å². The van der Waals surface area contributed by atoms with Gasteiger partial charge in [0, 0.05) is 11.5 Å². The minimum atomic E-state index is 0.986. The molecule has 0 fully saturated rings. The first-order valence-electron chi connectivity index (χ1n) is 6.82. The average molecular weight is 248 g/mol. The highest BCUT2D eigenvalue weighted by molar-refractivity contribution is 5.80. The van der Waals surface area contributed by atoms with Crippen molar-refractivity contribution < 1.29 is 4.57 Å². The maximum atomic E-state index is 2.34. The van der Waals surface area contributed by atoms with E-state index in [0.29, 0.717) is 0 Å². The van der Waals surface area contributed by atoms with Crippen LogP contribution in [0.5, 0.6) is 0 Å². The minimum Gasteiger partial charge on any atom is -0.202 e. The maximum Gasteiger partial charge on any atom is 0.186 e. The van der Waals surface area contributed by atoms with Gasteiger partial charge in [0.25, 0.3) is 0 Å². The number of aryl methyl sites for hydroxylation is 1. The minimum absolute atomic E-state index is 0.986. The Morgan fingerprint density at radius 2 is 1.53 bits per heavy atom. The zero-order chi connectivity index (χ0) is 13.1. The lowest BCUT2D eigenvalue weighted by Gasteiger charge is -2.05. The lowest BCUT2D eigenvalue weighted by molar-refractivity contribution is -0.699. The zero-order valence-electron chi connectivity index (χ0n) is 11.2. The molecule has 0 aliphatic rings. The molecular weight excluding hydrogens is 230 g/mol. The molecule has 3 aromatic rings. The van der Waals surface area contributed by atoms with Crippen LogP contribution in [0.25, 0.3) is 10.8 Å². The van der Waals surface area contributed by atoms with Crippen LogP contribution in [-0.2, 0) is 13.0 Å². The molecule has 1 aromatic heterocycles. The van der Waals surface area contributed by atoms with Crippen molar-refractivity contribution in [2.45, 2.75) is 19.9 Å². The third-order valence-corrected chi connectivity index (χ3v) is 3.55. The first kappa shape index (κ1) is 11.9. The molecule has 1 nitrogen and oxygen atoms in total. The van der Waals surface area contributed by atoms with Crippen LogP contribution in [0.15, 0.2) is 66.9 Å². The molecule has 1 heteroatoms. The maximum absolute atomic E-state index is 2.34. The van der Waals surface area contributed by atoms with Gasteiger partial charge in [0.05, 0.1) is 6.42 Å². The Kier molecular flexibility index (Phi) is 3.28. The highest BCUT2D eigenvalue weighted by Crippen LogP contribution is 2.14. The summed E-state index contributed by atoms with van der Waals surface area (Å²) in [6.07, 6.45) is 3.24. The molecule has 1 heterocycles. The van der Waals surface area contributed by atoms with Crippen LogP contribution < -0.4 is 4.57 Å². The van der Waals surface area contributed by atoms with E-state index in [0.717, 1.165) is 13.0 Å². The SMILES string of the molecule is CC[n+]1cc2ccccc2cc1Cc1ccccc1. The van der Waals surface area contributed by atoms with Crippen LogP contribution in [0, 0.1) is 0 Å². The van der Waals surface area contributed by atoms with Crippen LogP contribution in [-0.4, -0.2) is 0 Å². The monoisotopic (exact) mass is 248 g/mol. The fourth-order valence-electron chi connectivity index (χ4n) is 2.53. The summed E-state index contributed by atoms with van der Waals surface area (Å²) in [5.74, 6) is 0. The topological polar surface area (TPSA) is 3.88 Å². The molecule has 19 heavy (non-hydrogen) atoms. The van der Waals surface area contributed by atoms with E-state index in [4.69, 9.17) is 0 Å². The van der Waals surface area contributed by atoms with Crippen molar-refractivity contribution in [1.29, 1.82) is 0 Å². The fourth-order valence-corrected chi connectivity index (χ4v) is 2.53. The van der Waals surface area contributed by atoms with E-state index in [2.05, 4.69) is 78.4 Å². The highest BCUT2D eigenvalue weighted by Gasteiger charge is 2.11. The second kappa shape index (κ2) is 5.23. The summed E-state index contributed by atoms with van der Waals surface area (Å²) >= 11 is 0. The lowest BCUT2D eigenvalue weighted by atomic mass is 10.1. The molecule has 0 aliphatic heterocycles. The van der Waals surface area contributed by atoms with Crippen molar-refractivity contribution >= 4 is 10.8 Å². The summed E-state index contributed by atoms with van der Waals surface area (Å²) < 4.78 is 2.34. The van der Waals surface area contributed by atoms with Crippen LogP contribution in [0.3, 0.4) is 0 Å². The van der Waals surface area contributed by atoms with Gasteiger partial charge in [-0.1, -0.05) is 48.5 Å². The van der Waals surface area contributed by atoms with Gasteiger partial charge in [0.1, 0.15) is 6.54 Å². The van der Waals surface area contributed by atoms with E-state index in [1.54, 1.807) is 0 Å². The summed E-state index contributed by atoms with van der Waals surface area (Å²) in [6, 6.07) is 21.5. The van der Waals surface area contributed by atoms with Crippen molar-refractivity contribution in [1.82, 2.24) is 0 Å². The Hall–Kier alpha value is -2.15. The highest BCUT2D eigenvalue weighted by atomic mass is 14.9. The van der Waals surface area contributed by atoms with Crippen LogP contribution in [0.4, 0.5) is 0 Å². The Labute approximate surface area is 114 Å². The largest absolute Gasteiger partial charge is 0.202 e. The number of aromatic nitrogens is 1. The summed E-state index contributed by atoms with van der Waals surface area (Å²) in [4.78, 5) is 0. The lowest BCUT2D eigenvalue weighted by Crippen LogP contribution is -2.37. The third-order valence-electron chi connectivity index (χ3n) is 3.55. The summed E-state index contributed by atoms with van der Waals surface area (Å²) in [6.45, 7) is 3.20. The molecule has 0 radical (unpaired) electrons. The van der Waals surface area contributed by atoms with Gasteiger partial charge in [-0.3, -0.25) is 0 Å². The molecule has 0 saturated carbocycles. The predicted molar refractivity (Wildman–Crippen MR) is 79.1 cm³/mol. The number of rotatable bonds is 3. The normalized spacial score (nSPS) is 10.8. The van der Waals surface area contributed by atoms with E-state index in [9.17, 15) is 0 Å². The first-order valence-corrected chi connectivity index (χ1v) is 6.82. The average Bonchev–Trinajstić information content (AvgIpc) is 2.47. The molecular formula is C18H18N+. The van der Waals surface area contributed by atoms with Crippen LogP contribution >= 0.6 is 0 Å². The molecule has 2 aromatic carbocycles. The number of benzene rings is 2. The van der Waals surface area contributed by atoms with E-state index >= 15 is 0 Å². The van der Waals surface area contributed by atoms with Gasteiger partial charge in [0.15, 0.2) is 11.9 Å². The molecule has 0 unspecified atom stereocenters. The molecule has 0 amide bonds. The van der Waals surface area contributed by atoms with Gasteiger partial charge in [0.2, 0.25) is 0 Å². The third kappa shape index (κ3) is 2.50. The summed E-state index contributed by atoms with van der Waals surface area (Å²) in [5, 5.41) is 2.62. The second-order valence-corrected chi connectivity index (χ2v) is 4.84. The van der Waals surface area contributed by atoms with Gasteiger partial charge in [-0.15, -0.1) is 0 Å². The number of hydrogen-bond acceptors (Lipinski definition) is 0. The number of pyridine rings is 1. The molecule has 94 valence electrons. The summed E-state index contributed by atoms with van der Waals surface area (Å²) in [7, 11) is 0. The molecule has 0 N–H and O–H groups in total. The van der Waals surface area contributed by atoms with E-state index < -0.39 is 0 Å². The second-order valence-electron chi connectivity index (χ2n) is 4.84. The van der Waals surface area contributed by atoms with Gasteiger partial charge in [-0.25, -0.2) is 4.57 Å². The van der Waals surface area contributed by atoms with E-state index in [1.807, 2.05) is 0 Å². The Morgan fingerprint density at radius 3 is 2.26 bits per heavy atom. The van der Waals surface area contributed by atoms with Crippen molar-refractivity contribution in [2.24, 2.45) is 0 Å². The summed E-state index contributed by atoms with van der Waals surface area (Å²) in [5.41, 5.74) is 2.73. The van der Waals surface area contributed by atoms with Crippen molar-refractivity contribution in [3.63, 3.8) is 0 Å². The zero-order valence-corrected chi connectivity index (χ0v) is 11.2. The van der Waals surface area contributed by atoms with Gasteiger partial charge >= 0.3 is 0 Å². The number of fused-ring (bicyclic) bond motifs is 1. The van der Waals surface area contributed by atoms with Crippen LogP contribution in [0.1, 0.15) is 18.2 Å². The Morgan fingerprint density at radius 1 is 0.842 bits per heavy atom. The molecule has 0 saturated heterocycles. The smallest absolute Gasteiger partial charge is 0.186 e. The number of hydrogen-bond donors (Lipinski definition) is 0.